The fourth-order valence-electron chi connectivity index (χ4n) is 2.85. The Balaban J connectivity index is 1.63. The number of aryl methyl sites for hydroxylation is 3. The molecule has 3 rings (SSSR count). The molecule has 1 aromatic heterocycles. The number of aromatic nitrogens is 2. The zero-order valence-corrected chi connectivity index (χ0v) is 16.9. The van der Waals surface area contributed by atoms with Gasteiger partial charge in [-0.25, -0.2) is 0 Å². The van der Waals surface area contributed by atoms with E-state index in [1.54, 1.807) is 14.0 Å². The first kappa shape index (κ1) is 19.6. The van der Waals surface area contributed by atoms with Crippen LogP contribution in [0.2, 0.25) is 0 Å². The topological polar surface area (TPSA) is 68.5 Å². The molecule has 1 atom stereocenters. The van der Waals surface area contributed by atoms with Crippen LogP contribution in [0.15, 0.2) is 47.0 Å². The van der Waals surface area contributed by atoms with Crippen molar-refractivity contribution in [2.75, 3.05) is 7.05 Å². The van der Waals surface area contributed by atoms with Gasteiger partial charge >= 0.3 is 0 Å². The van der Waals surface area contributed by atoms with Crippen molar-refractivity contribution in [3.8, 4) is 17.1 Å². The van der Waals surface area contributed by atoms with Gasteiger partial charge in [0.25, 0.3) is 5.91 Å². The first-order valence-corrected chi connectivity index (χ1v) is 9.22. The first-order chi connectivity index (χ1) is 13.3. The molecular formula is C22H25N3O3. The molecule has 0 fully saturated rings. The summed E-state index contributed by atoms with van der Waals surface area (Å²) in [7, 11) is 1.69. The third-order valence-corrected chi connectivity index (χ3v) is 4.63. The van der Waals surface area contributed by atoms with Crippen molar-refractivity contribution < 1.29 is 14.1 Å². The van der Waals surface area contributed by atoms with Crippen LogP contribution in [-0.4, -0.2) is 34.1 Å². The number of nitrogens with zero attached hydrogens (tertiary/aromatic N) is 3. The number of hydrogen-bond acceptors (Lipinski definition) is 5. The molecule has 0 aliphatic carbocycles. The minimum atomic E-state index is -0.619. The smallest absolute Gasteiger partial charge is 0.263 e. The lowest BCUT2D eigenvalue weighted by Gasteiger charge is -2.21. The highest BCUT2D eigenvalue weighted by Gasteiger charge is 2.21. The third kappa shape index (κ3) is 4.57. The Morgan fingerprint density at radius 3 is 2.64 bits per heavy atom. The maximum absolute atomic E-state index is 12.6. The molecule has 0 unspecified atom stereocenters. The molecule has 0 spiro atoms. The summed E-state index contributed by atoms with van der Waals surface area (Å²) in [5.74, 6) is 1.41. The number of amides is 1. The molecular weight excluding hydrogens is 354 g/mol. The van der Waals surface area contributed by atoms with E-state index in [0.29, 0.717) is 17.5 Å². The fourth-order valence-corrected chi connectivity index (χ4v) is 2.85. The van der Waals surface area contributed by atoms with E-state index < -0.39 is 6.10 Å². The summed E-state index contributed by atoms with van der Waals surface area (Å²) in [6.45, 7) is 8.02. The standard InChI is InChI=1S/C22H25N3O3/c1-14-7-6-8-18(11-14)21-23-20(28-24-21)13-25(5)22(26)17(4)27-19-10-9-15(2)16(3)12-19/h6-12,17H,13H2,1-5H3/t17-/m1/s1. The number of hydrogen-bond donors (Lipinski definition) is 0. The summed E-state index contributed by atoms with van der Waals surface area (Å²) in [5.41, 5.74) is 4.31. The lowest BCUT2D eigenvalue weighted by atomic mass is 10.1. The lowest BCUT2D eigenvalue weighted by molar-refractivity contribution is -0.137. The van der Waals surface area contributed by atoms with Crippen molar-refractivity contribution in [1.82, 2.24) is 15.0 Å². The Labute approximate surface area is 165 Å². The van der Waals surface area contributed by atoms with E-state index >= 15 is 0 Å². The van der Waals surface area contributed by atoms with E-state index in [4.69, 9.17) is 9.26 Å². The van der Waals surface area contributed by atoms with Crippen LogP contribution in [0.1, 0.15) is 29.5 Å². The Morgan fingerprint density at radius 2 is 1.93 bits per heavy atom. The number of carbonyl (C=O) groups excluding carboxylic acids is 1. The highest BCUT2D eigenvalue weighted by molar-refractivity contribution is 5.80. The van der Waals surface area contributed by atoms with Crippen LogP contribution < -0.4 is 4.74 Å². The Morgan fingerprint density at radius 1 is 1.14 bits per heavy atom. The molecule has 1 amide bonds. The summed E-state index contributed by atoms with van der Waals surface area (Å²) < 4.78 is 11.1. The molecule has 1 heterocycles. The van der Waals surface area contributed by atoms with E-state index in [1.165, 1.54) is 10.5 Å². The van der Waals surface area contributed by atoms with Gasteiger partial charge in [0.05, 0.1) is 6.54 Å². The summed E-state index contributed by atoms with van der Waals surface area (Å²) in [5, 5.41) is 4.02. The van der Waals surface area contributed by atoms with Gasteiger partial charge in [0.1, 0.15) is 5.75 Å². The number of carbonyl (C=O) groups is 1. The van der Waals surface area contributed by atoms with Crippen molar-refractivity contribution in [3.05, 3.63) is 65.0 Å². The monoisotopic (exact) mass is 379 g/mol. The van der Waals surface area contributed by atoms with Gasteiger partial charge in [-0.15, -0.1) is 0 Å². The second kappa shape index (κ2) is 8.25. The molecule has 2 aromatic carbocycles. The molecule has 146 valence electrons. The molecule has 0 saturated heterocycles. The van der Waals surface area contributed by atoms with Crippen LogP contribution in [0.25, 0.3) is 11.4 Å². The normalized spacial score (nSPS) is 11.9. The number of rotatable bonds is 6. The summed E-state index contributed by atoms with van der Waals surface area (Å²) in [4.78, 5) is 18.6. The lowest BCUT2D eigenvalue weighted by Crippen LogP contribution is -2.37. The van der Waals surface area contributed by atoms with E-state index in [2.05, 4.69) is 10.1 Å². The summed E-state index contributed by atoms with van der Waals surface area (Å²) in [6.07, 6.45) is -0.619. The fraction of sp³-hybridized carbons (Fsp3) is 0.318. The van der Waals surface area contributed by atoms with E-state index in [-0.39, 0.29) is 12.5 Å². The van der Waals surface area contributed by atoms with Gasteiger partial charge in [-0.1, -0.05) is 35.0 Å². The maximum Gasteiger partial charge on any atom is 0.263 e. The summed E-state index contributed by atoms with van der Waals surface area (Å²) in [6, 6.07) is 13.7. The minimum absolute atomic E-state index is 0.159. The van der Waals surface area contributed by atoms with Crippen LogP contribution in [-0.2, 0) is 11.3 Å². The van der Waals surface area contributed by atoms with Crippen molar-refractivity contribution in [1.29, 1.82) is 0 Å². The highest BCUT2D eigenvalue weighted by atomic mass is 16.5. The first-order valence-electron chi connectivity index (χ1n) is 9.22. The average molecular weight is 379 g/mol. The van der Waals surface area contributed by atoms with E-state index in [0.717, 1.165) is 16.7 Å². The van der Waals surface area contributed by atoms with Gasteiger partial charge in [0, 0.05) is 12.6 Å². The molecule has 0 saturated carbocycles. The molecule has 6 nitrogen and oxygen atoms in total. The maximum atomic E-state index is 12.6. The van der Waals surface area contributed by atoms with E-state index in [9.17, 15) is 4.79 Å². The van der Waals surface area contributed by atoms with Gasteiger partial charge in [-0.3, -0.25) is 4.79 Å². The van der Waals surface area contributed by atoms with Crippen LogP contribution in [0, 0.1) is 20.8 Å². The highest BCUT2D eigenvalue weighted by Crippen LogP contribution is 2.19. The van der Waals surface area contributed by atoms with Crippen molar-refractivity contribution in [2.24, 2.45) is 0 Å². The molecule has 0 aliphatic rings. The number of ether oxygens (including phenoxy) is 1. The molecule has 0 aliphatic heterocycles. The molecule has 28 heavy (non-hydrogen) atoms. The van der Waals surface area contributed by atoms with Gasteiger partial charge in [0.15, 0.2) is 6.10 Å². The molecule has 0 bridgehead atoms. The minimum Gasteiger partial charge on any atom is -0.481 e. The van der Waals surface area contributed by atoms with Gasteiger partial charge in [-0.2, -0.15) is 4.98 Å². The molecule has 6 heteroatoms. The second-order valence-corrected chi connectivity index (χ2v) is 7.08. The Kier molecular flexibility index (Phi) is 5.78. The van der Waals surface area contributed by atoms with Gasteiger partial charge in [-0.05, 0) is 57.0 Å². The summed E-state index contributed by atoms with van der Waals surface area (Å²) >= 11 is 0. The third-order valence-electron chi connectivity index (χ3n) is 4.63. The van der Waals surface area contributed by atoms with Crippen LogP contribution >= 0.6 is 0 Å². The van der Waals surface area contributed by atoms with Crippen molar-refractivity contribution in [2.45, 2.75) is 40.3 Å². The molecule has 0 N–H and O–H groups in total. The molecule has 0 radical (unpaired) electrons. The molecule has 3 aromatic rings. The number of likely N-dealkylation sites (N-methyl/N-ethyl adjacent to an activating group) is 1. The van der Waals surface area contributed by atoms with Gasteiger partial charge < -0.3 is 14.2 Å². The predicted octanol–water partition coefficient (Wildman–Crippen LogP) is 4.09. The van der Waals surface area contributed by atoms with Gasteiger partial charge in [0.2, 0.25) is 11.7 Å². The zero-order valence-electron chi connectivity index (χ0n) is 16.9. The van der Waals surface area contributed by atoms with E-state index in [1.807, 2.05) is 63.2 Å². The largest absolute Gasteiger partial charge is 0.481 e. The zero-order chi connectivity index (χ0) is 20.3. The van der Waals surface area contributed by atoms with Crippen molar-refractivity contribution >= 4 is 5.91 Å². The second-order valence-electron chi connectivity index (χ2n) is 7.08. The SMILES string of the molecule is Cc1cccc(-c2noc(CN(C)C(=O)[C@@H](C)Oc3ccc(C)c(C)c3)n2)c1. The predicted molar refractivity (Wildman–Crippen MR) is 107 cm³/mol. The average Bonchev–Trinajstić information content (AvgIpc) is 3.12. The van der Waals surface area contributed by atoms with Crippen LogP contribution in [0.5, 0.6) is 5.75 Å². The Hall–Kier alpha value is -3.15. The quantitative estimate of drug-likeness (QED) is 0.645. The van der Waals surface area contributed by atoms with Crippen LogP contribution in [0.3, 0.4) is 0 Å². The van der Waals surface area contributed by atoms with Crippen LogP contribution in [0.4, 0.5) is 0 Å². The Bertz CT molecular complexity index is 981. The number of benzene rings is 2. The van der Waals surface area contributed by atoms with Crippen molar-refractivity contribution in [3.63, 3.8) is 0 Å².